The number of rotatable bonds is 5. The van der Waals surface area contributed by atoms with E-state index in [1.165, 1.54) is 6.20 Å². The minimum Gasteiger partial charge on any atom is -0.381 e. The highest BCUT2D eigenvalue weighted by atomic mass is 35.5. The van der Waals surface area contributed by atoms with E-state index in [0.717, 1.165) is 37.1 Å². The summed E-state index contributed by atoms with van der Waals surface area (Å²) >= 11 is 6.43. The van der Waals surface area contributed by atoms with Gasteiger partial charge in [-0.25, -0.2) is 0 Å². The molecule has 1 unspecified atom stereocenters. The third kappa shape index (κ3) is 5.86. The van der Waals surface area contributed by atoms with Gasteiger partial charge in [-0.05, 0) is 62.9 Å². The van der Waals surface area contributed by atoms with Crippen molar-refractivity contribution in [3.8, 4) is 6.07 Å². The molecule has 190 valence electrons. The summed E-state index contributed by atoms with van der Waals surface area (Å²) in [5, 5.41) is 12.7. The fourth-order valence-corrected chi connectivity index (χ4v) is 5.16. The van der Waals surface area contributed by atoms with E-state index in [9.17, 15) is 14.9 Å². The number of amides is 2. The quantitative estimate of drug-likeness (QED) is 0.655. The van der Waals surface area contributed by atoms with E-state index in [2.05, 4.69) is 28.2 Å². The first-order valence-corrected chi connectivity index (χ1v) is 12.7. The van der Waals surface area contributed by atoms with Gasteiger partial charge in [-0.3, -0.25) is 19.5 Å². The number of nitriles is 1. The van der Waals surface area contributed by atoms with Crippen LogP contribution in [-0.4, -0.2) is 65.5 Å². The molecule has 4 rings (SSSR count). The van der Waals surface area contributed by atoms with E-state index < -0.39 is 0 Å². The van der Waals surface area contributed by atoms with Crippen molar-refractivity contribution in [1.29, 1.82) is 5.26 Å². The number of hydrogen-bond donors (Lipinski definition) is 1. The zero-order chi connectivity index (χ0) is 25.8. The predicted molar refractivity (Wildman–Crippen MR) is 138 cm³/mol. The highest BCUT2D eigenvalue weighted by Gasteiger charge is 2.32. The van der Waals surface area contributed by atoms with Crippen molar-refractivity contribution in [3.63, 3.8) is 0 Å². The zero-order valence-corrected chi connectivity index (χ0v) is 21.8. The number of hydrogen-bond acceptors (Lipinski definition) is 6. The molecule has 2 saturated heterocycles. The predicted octanol–water partition coefficient (Wildman–Crippen LogP) is 3.94. The van der Waals surface area contributed by atoms with Gasteiger partial charge in [-0.15, -0.1) is 0 Å². The maximum Gasteiger partial charge on any atom is 0.257 e. The zero-order valence-electron chi connectivity index (χ0n) is 21.0. The summed E-state index contributed by atoms with van der Waals surface area (Å²) in [6, 6.07) is 7.39. The van der Waals surface area contributed by atoms with Gasteiger partial charge in [-0.2, -0.15) is 5.26 Å². The van der Waals surface area contributed by atoms with E-state index >= 15 is 0 Å². The monoisotopic (exact) mass is 509 g/mol. The summed E-state index contributed by atoms with van der Waals surface area (Å²) in [5.74, 6) is -0.0224. The van der Waals surface area contributed by atoms with Crippen LogP contribution in [0.3, 0.4) is 0 Å². The Morgan fingerprint density at radius 3 is 2.67 bits per heavy atom. The van der Waals surface area contributed by atoms with Crippen LogP contribution in [0, 0.1) is 31.1 Å². The first kappa shape index (κ1) is 26.1. The lowest BCUT2D eigenvalue weighted by molar-refractivity contribution is -0.143. The Labute approximate surface area is 217 Å². The Kier molecular flexibility index (Phi) is 8.24. The third-order valence-electron chi connectivity index (χ3n) is 7.16. The minimum absolute atomic E-state index is 0.0714. The summed E-state index contributed by atoms with van der Waals surface area (Å²) in [6.45, 7) is 10.0. The third-order valence-corrected chi connectivity index (χ3v) is 7.38. The molecule has 1 N–H and O–H groups in total. The molecule has 1 aromatic carbocycles. The summed E-state index contributed by atoms with van der Waals surface area (Å²) in [4.78, 5) is 34.4. The van der Waals surface area contributed by atoms with Crippen LogP contribution >= 0.6 is 11.6 Å². The standard InChI is InChI=1S/C27H32ClN5O3/c1-17-15-32(6-7-33(17)27(35)20-4-8-36-9-5-20)16-23-11-24(28)12-25(18(23)2)31-26(34)22-10-21(13-29)19(3)30-14-22/h10-12,14,17,20H,4-9,15-16H2,1-3H3,(H,31,34). The number of benzene rings is 1. The van der Waals surface area contributed by atoms with Crippen LogP contribution in [-0.2, 0) is 16.1 Å². The number of anilines is 1. The molecule has 8 nitrogen and oxygen atoms in total. The highest BCUT2D eigenvalue weighted by Crippen LogP contribution is 2.28. The van der Waals surface area contributed by atoms with Crippen molar-refractivity contribution in [1.82, 2.24) is 14.8 Å². The lowest BCUT2D eigenvalue weighted by Crippen LogP contribution is -2.55. The van der Waals surface area contributed by atoms with Crippen LogP contribution in [0.2, 0.25) is 5.02 Å². The second kappa shape index (κ2) is 11.4. The number of carbonyl (C=O) groups excluding carboxylic acids is 2. The summed E-state index contributed by atoms with van der Waals surface area (Å²) < 4.78 is 5.41. The van der Waals surface area contributed by atoms with Crippen LogP contribution in [0.5, 0.6) is 0 Å². The van der Waals surface area contributed by atoms with Crippen molar-refractivity contribution < 1.29 is 14.3 Å². The van der Waals surface area contributed by atoms with Gasteiger partial charge in [0.05, 0.1) is 16.8 Å². The molecule has 1 aromatic heterocycles. The normalized spacial score (nSPS) is 19.1. The molecule has 0 spiro atoms. The Morgan fingerprint density at radius 1 is 1.22 bits per heavy atom. The van der Waals surface area contributed by atoms with Gasteiger partial charge in [0.1, 0.15) is 6.07 Å². The maximum atomic E-state index is 13.0. The molecular formula is C27H32ClN5O3. The maximum absolute atomic E-state index is 13.0. The number of piperazine rings is 1. The molecular weight excluding hydrogens is 478 g/mol. The molecule has 1 atom stereocenters. The van der Waals surface area contributed by atoms with Crippen molar-refractivity contribution >= 4 is 29.1 Å². The molecule has 0 aliphatic carbocycles. The van der Waals surface area contributed by atoms with E-state index in [-0.39, 0.29) is 23.8 Å². The lowest BCUT2D eigenvalue weighted by atomic mass is 9.97. The van der Waals surface area contributed by atoms with E-state index in [0.29, 0.717) is 53.8 Å². The second-order valence-corrected chi connectivity index (χ2v) is 10.1. The molecule has 2 amide bonds. The van der Waals surface area contributed by atoms with Gasteiger partial charge in [0.15, 0.2) is 0 Å². The SMILES string of the molecule is Cc1ncc(C(=O)Nc2cc(Cl)cc(CN3CCN(C(=O)C4CCOCC4)C(C)C3)c2C)cc1C#N. The molecule has 3 heterocycles. The van der Waals surface area contributed by atoms with Crippen molar-refractivity contribution in [3.05, 3.63) is 57.4 Å². The first-order valence-electron chi connectivity index (χ1n) is 12.3. The largest absolute Gasteiger partial charge is 0.381 e. The number of aryl methyl sites for hydroxylation is 1. The summed E-state index contributed by atoms with van der Waals surface area (Å²) in [5.41, 5.74) is 3.85. The topological polar surface area (TPSA) is 98.6 Å². The number of nitrogens with zero attached hydrogens (tertiary/aromatic N) is 4. The van der Waals surface area contributed by atoms with E-state index in [4.69, 9.17) is 16.3 Å². The lowest BCUT2D eigenvalue weighted by Gasteiger charge is -2.42. The number of aromatic nitrogens is 1. The van der Waals surface area contributed by atoms with Gasteiger partial charge >= 0.3 is 0 Å². The van der Waals surface area contributed by atoms with E-state index in [1.54, 1.807) is 19.1 Å². The van der Waals surface area contributed by atoms with Gasteiger partial charge in [0, 0.05) is 68.3 Å². The fourth-order valence-electron chi connectivity index (χ4n) is 4.92. The first-order chi connectivity index (χ1) is 17.3. The molecule has 2 aliphatic rings. The number of nitrogens with one attached hydrogen (secondary N) is 1. The van der Waals surface area contributed by atoms with Gasteiger partial charge in [0.2, 0.25) is 5.91 Å². The molecule has 9 heteroatoms. The van der Waals surface area contributed by atoms with Crippen molar-refractivity contribution in [2.75, 3.05) is 38.2 Å². The molecule has 36 heavy (non-hydrogen) atoms. The fraction of sp³-hybridized carbons (Fsp3) is 0.481. The van der Waals surface area contributed by atoms with Crippen molar-refractivity contribution in [2.45, 2.75) is 46.2 Å². The van der Waals surface area contributed by atoms with E-state index in [1.807, 2.05) is 17.9 Å². The highest BCUT2D eigenvalue weighted by molar-refractivity contribution is 6.31. The molecule has 2 aromatic rings. The van der Waals surface area contributed by atoms with Crippen LogP contribution in [0.1, 0.15) is 52.5 Å². The molecule has 2 fully saturated rings. The van der Waals surface area contributed by atoms with Crippen molar-refractivity contribution in [2.24, 2.45) is 5.92 Å². The van der Waals surface area contributed by atoms with Crippen LogP contribution in [0.15, 0.2) is 24.4 Å². The van der Waals surface area contributed by atoms with Crippen LogP contribution in [0.25, 0.3) is 0 Å². The van der Waals surface area contributed by atoms with Crippen LogP contribution in [0.4, 0.5) is 5.69 Å². The number of halogens is 1. The minimum atomic E-state index is -0.343. The average Bonchev–Trinajstić information content (AvgIpc) is 2.87. The molecule has 2 aliphatic heterocycles. The Hall–Kier alpha value is -2.99. The summed E-state index contributed by atoms with van der Waals surface area (Å²) in [6.07, 6.45) is 3.08. The number of pyridine rings is 1. The second-order valence-electron chi connectivity index (χ2n) is 9.66. The van der Waals surface area contributed by atoms with Gasteiger partial charge in [-0.1, -0.05) is 11.6 Å². The summed E-state index contributed by atoms with van der Waals surface area (Å²) in [7, 11) is 0. The molecule has 0 radical (unpaired) electrons. The number of ether oxygens (including phenoxy) is 1. The smallest absolute Gasteiger partial charge is 0.257 e. The van der Waals surface area contributed by atoms with Gasteiger partial charge in [0.25, 0.3) is 5.91 Å². The van der Waals surface area contributed by atoms with Gasteiger partial charge < -0.3 is 15.0 Å². The molecule has 0 saturated carbocycles. The number of carbonyl (C=O) groups is 2. The Morgan fingerprint density at radius 2 is 1.97 bits per heavy atom. The Balaban J connectivity index is 1.43. The van der Waals surface area contributed by atoms with Crippen LogP contribution < -0.4 is 5.32 Å². The molecule has 0 bridgehead atoms. The Bertz CT molecular complexity index is 1190. The average molecular weight is 510 g/mol.